The molecule has 0 fully saturated rings. The molecule has 0 heterocycles. The molecule has 0 saturated heterocycles. The lowest BCUT2D eigenvalue weighted by atomic mass is 10.1. The van der Waals surface area contributed by atoms with E-state index in [9.17, 15) is 0 Å². The molecule has 0 saturated carbocycles. The van der Waals surface area contributed by atoms with Crippen LogP contribution in [0.4, 0.5) is 0 Å². The number of aliphatic hydroxyl groups is 1. The highest BCUT2D eigenvalue weighted by molar-refractivity contribution is 4.73. The van der Waals surface area contributed by atoms with E-state index in [0.29, 0.717) is 12.5 Å². The average Bonchev–Trinajstić information content (AvgIpc) is 1.89. The Kier molecular flexibility index (Phi) is 6.14. The Bertz CT molecular complexity index is 109. The van der Waals surface area contributed by atoms with Crippen molar-refractivity contribution in [1.82, 2.24) is 5.32 Å². The summed E-state index contributed by atoms with van der Waals surface area (Å²) in [6.45, 7) is 3.49. The number of nitrogens with zero attached hydrogens (tertiary/aromatic N) is 1. The highest BCUT2D eigenvalue weighted by Crippen LogP contribution is 1.96. The second-order valence-corrected chi connectivity index (χ2v) is 2.41. The maximum absolute atomic E-state index is 8.50. The highest BCUT2D eigenvalue weighted by atomic mass is 16.3. The molecule has 3 nitrogen and oxygen atoms in total. The van der Waals surface area contributed by atoms with Crippen molar-refractivity contribution in [3.8, 4) is 6.07 Å². The lowest BCUT2D eigenvalue weighted by molar-refractivity contribution is 0.261. The van der Waals surface area contributed by atoms with E-state index in [1.807, 2.05) is 13.0 Å². The predicted molar refractivity (Wildman–Crippen MR) is 39.3 cm³/mol. The minimum atomic E-state index is 0.232. The van der Waals surface area contributed by atoms with E-state index in [0.717, 1.165) is 13.0 Å². The fourth-order valence-electron chi connectivity index (χ4n) is 0.697. The molecule has 1 unspecified atom stereocenters. The number of hydrogen-bond acceptors (Lipinski definition) is 3. The van der Waals surface area contributed by atoms with Crippen molar-refractivity contribution in [1.29, 1.82) is 5.26 Å². The van der Waals surface area contributed by atoms with Crippen molar-refractivity contribution < 1.29 is 5.11 Å². The second-order valence-electron chi connectivity index (χ2n) is 2.41. The van der Waals surface area contributed by atoms with Crippen molar-refractivity contribution in [2.75, 3.05) is 19.7 Å². The van der Waals surface area contributed by atoms with Crippen LogP contribution < -0.4 is 5.32 Å². The number of rotatable bonds is 5. The van der Waals surface area contributed by atoms with Crippen LogP contribution in [-0.2, 0) is 0 Å². The molecule has 2 N–H and O–H groups in total. The first-order valence-electron chi connectivity index (χ1n) is 3.49. The van der Waals surface area contributed by atoms with Crippen LogP contribution in [0, 0.1) is 17.2 Å². The molecule has 0 bridgehead atoms. The maximum atomic E-state index is 8.50. The molecule has 0 aromatic heterocycles. The van der Waals surface area contributed by atoms with Gasteiger partial charge in [0.2, 0.25) is 0 Å². The Morgan fingerprint density at radius 1 is 1.70 bits per heavy atom. The van der Waals surface area contributed by atoms with Crippen LogP contribution in [-0.4, -0.2) is 24.8 Å². The van der Waals surface area contributed by atoms with E-state index < -0.39 is 0 Å². The van der Waals surface area contributed by atoms with Gasteiger partial charge >= 0.3 is 0 Å². The third-order valence-corrected chi connectivity index (χ3v) is 1.32. The normalized spacial score (nSPS) is 12.5. The minimum absolute atomic E-state index is 0.232. The Morgan fingerprint density at radius 3 is 2.90 bits per heavy atom. The molecule has 0 amide bonds. The monoisotopic (exact) mass is 142 g/mol. The van der Waals surface area contributed by atoms with Crippen molar-refractivity contribution >= 4 is 0 Å². The highest BCUT2D eigenvalue weighted by Gasteiger charge is 1.98. The molecule has 3 heteroatoms. The maximum Gasteiger partial charge on any atom is 0.0841 e. The van der Waals surface area contributed by atoms with Gasteiger partial charge in [-0.3, -0.25) is 0 Å². The van der Waals surface area contributed by atoms with Gasteiger partial charge in [0.05, 0.1) is 12.6 Å². The van der Waals surface area contributed by atoms with E-state index in [-0.39, 0.29) is 6.61 Å². The predicted octanol–water partition coefficient (Wildman–Crippen LogP) is 0.118. The van der Waals surface area contributed by atoms with E-state index >= 15 is 0 Å². The summed E-state index contributed by atoms with van der Waals surface area (Å²) in [5.41, 5.74) is 0. The van der Waals surface area contributed by atoms with Crippen LogP contribution in [0.25, 0.3) is 0 Å². The van der Waals surface area contributed by atoms with Gasteiger partial charge in [0.15, 0.2) is 0 Å². The quantitative estimate of drug-likeness (QED) is 0.423. The summed E-state index contributed by atoms with van der Waals surface area (Å²) in [7, 11) is 0. The number of nitrogens with one attached hydrogen (secondary N) is 1. The first kappa shape index (κ1) is 9.41. The second kappa shape index (κ2) is 6.53. The zero-order chi connectivity index (χ0) is 7.82. The van der Waals surface area contributed by atoms with Crippen LogP contribution in [0.3, 0.4) is 0 Å². The molecule has 0 aromatic rings. The zero-order valence-corrected chi connectivity index (χ0v) is 6.30. The summed E-state index contributed by atoms with van der Waals surface area (Å²) in [6, 6.07) is 1.99. The average molecular weight is 142 g/mol. The van der Waals surface area contributed by atoms with Crippen molar-refractivity contribution in [3.63, 3.8) is 0 Å². The summed E-state index contributed by atoms with van der Waals surface area (Å²) in [5.74, 6) is 0.457. The van der Waals surface area contributed by atoms with E-state index in [1.165, 1.54) is 0 Å². The molecule has 0 aliphatic heterocycles. The standard InChI is InChI=1S/C7H14N2O/c1-7(2-5-10)6-9-4-3-8/h7,9-10H,2,4-6H2,1H3. The summed E-state index contributed by atoms with van der Waals surface area (Å²) in [6.07, 6.45) is 0.804. The van der Waals surface area contributed by atoms with Crippen molar-refractivity contribution in [2.24, 2.45) is 5.92 Å². The van der Waals surface area contributed by atoms with E-state index in [1.54, 1.807) is 0 Å². The molecule has 0 aliphatic carbocycles. The van der Waals surface area contributed by atoms with Gasteiger partial charge in [-0.05, 0) is 18.9 Å². The van der Waals surface area contributed by atoms with Gasteiger partial charge in [-0.1, -0.05) is 6.92 Å². The summed E-state index contributed by atoms with van der Waals surface area (Å²) in [5, 5.41) is 19.6. The van der Waals surface area contributed by atoms with Gasteiger partial charge in [-0.2, -0.15) is 5.26 Å². The Balaban J connectivity index is 3.06. The lowest BCUT2D eigenvalue weighted by Gasteiger charge is -2.07. The molecule has 1 atom stereocenters. The summed E-state index contributed by atoms with van der Waals surface area (Å²) >= 11 is 0. The largest absolute Gasteiger partial charge is 0.396 e. The van der Waals surface area contributed by atoms with Crippen LogP contribution >= 0.6 is 0 Å². The van der Waals surface area contributed by atoms with Crippen LogP contribution in [0.1, 0.15) is 13.3 Å². The number of nitriles is 1. The molecule has 0 aliphatic rings. The first-order chi connectivity index (χ1) is 4.81. The van der Waals surface area contributed by atoms with Crippen molar-refractivity contribution in [2.45, 2.75) is 13.3 Å². The summed E-state index contributed by atoms with van der Waals surface area (Å²) in [4.78, 5) is 0. The van der Waals surface area contributed by atoms with E-state index in [2.05, 4.69) is 5.32 Å². The van der Waals surface area contributed by atoms with Crippen molar-refractivity contribution in [3.05, 3.63) is 0 Å². The molecule has 0 aromatic carbocycles. The third-order valence-electron chi connectivity index (χ3n) is 1.32. The smallest absolute Gasteiger partial charge is 0.0841 e. The van der Waals surface area contributed by atoms with Gasteiger partial charge < -0.3 is 10.4 Å². The fourth-order valence-corrected chi connectivity index (χ4v) is 0.697. The fraction of sp³-hybridized carbons (Fsp3) is 0.857. The number of aliphatic hydroxyl groups excluding tert-OH is 1. The van der Waals surface area contributed by atoms with Gasteiger partial charge in [-0.25, -0.2) is 0 Å². The zero-order valence-electron chi connectivity index (χ0n) is 6.30. The lowest BCUT2D eigenvalue weighted by Crippen LogP contribution is -2.21. The molecule has 58 valence electrons. The van der Waals surface area contributed by atoms with Gasteiger partial charge in [0.25, 0.3) is 0 Å². The van der Waals surface area contributed by atoms with Crippen LogP contribution in [0.15, 0.2) is 0 Å². The Labute approximate surface area is 61.7 Å². The molecule has 0 rings (SSSR count). The topological polar surface area (TPSA) is 56.0 Å². The van der Waals surface area contributed by atoms with E-state index in [4.69, 9.17) is 10.4 Å². The van der Waals surface area contributed by atoms with Gasteiger partial charge in [-0.15, -0.1) is 0 Å². The number of hydrogen-bond donors (Lipinski definition) is 2. The molecule has 0 radical (unpaired) electrons. The first-order valence-corrected chi connectivity index (χ1v) is 3.49. The molecule has 10 heavy (non-hydrogen) atoms. The SMILES string of the molecule is CC(CCO)CNCC#N. The van der Waals surface area contributed by atoms with Crippen LogP contribution in [0.5, 0.6) is 0 Å². The molecular formula is C7H14N2O. The van der Waals surface area contributed by atoms with Gasteiger partial charge in [0.1, 0.15) is 0 Å². The Hall–Kier alpha value is -0.590. The molecule has 0 spiro atoms. The summed E-state index contributed by atoms with van der Waals surface area (Å²) < 4.78 is 0. The minimum Gasteiger partial charge on any atom is -0.396 e. The molecular weight excluding hydrogens is 128 g/mol. The van der Waals surface area contributed by atoms with Gasteiger partial charge in [0, 0.05) is 6.61 Å². The third kappa shape index (κ3) is 5.54. The Morgan fingerprint density at radius 2 is 2.40 bits per heavy atom. The van der Waals surface area contributed by atoms with Crippen LogP contribution in [0.2, 0.25) is 0 Å².